The van der Waals surface area contributed by atoms with Gasteiger partial charge in [-0.25, -0.2) is 4.79 Å². The molecule has 0 radical (unpaired) electrons. The van der Waals surface area contributed by atoms with Crippen molar-refractivity contribution in [1.82, 2.24) is 5.32 Å². The van der Waals surface area contributed by atoms with Crippen LogP contribution in [0.2, 0.25) is 0 Å². The van der Waals surface area contributed by atoms with Gasteiger partial charge in [0, 0.05) is 5.41 Å². The summed E-state index contributed by atoms with van der Waals surface area (Å²) in [5, 5.41) is 12.0. The van der Waals surface area contributed by atoms with Crippen LogP contribution in [0, 0.1) is 5.41 Å². The molecule has 0 saturated heterocycles. The summed E-state index contributed by atoms with van der Waals surface area (Å²) in [5.74, 6) is 0.743. The minimum absolute atomic E-state index is 0.242. The molecule has 1 spiro atoms. The molecule has 2 saturated carbocycles. The van der Waals surface area contributed by atoms with Gasteiger partial charge in [0.1, 0.15) is 5.54 Å². The normalized spacial score (nSPS) is 24.9. The lowest BCUT2D eigenvalue weighted by Gasteiger charge is -2.42. The number of carboxylic acid groups (broad SMARTS) is 1. The number of aryl methyl sites for hydroxylation is 1. The Balaban J connectivity index is 1.55. The van der Waals surface area contributed by atoms with E-state index in [1.165, 1.54) is 18.4 Å². The first-order valence-electron chi connectivity index (χ1n) is 9.78. The minimum atomic E-state index is -1.14. The summed E-state index contributed by atoms with van der Waals surface area (Å²) < 4.78 is 0. The lowest BCUT2D eigenvalue weighted by molar-refractivity contribution is -0.116. The van der Waals surface area contributed by atoms with Crippen LogP contribution in [0.1, 0.15) is 54.7 Å². The zero-order valence-corrected chi connectivity index (χ0v) is 15.2. The number of nitrogens with one attached hydrogen (secondary N) is 1. The SMILES string of the molecule is O=C[C@@]1(NC(=O)O)c2ccc(-c3ccc(C4CC4)cc3)cc2CCC12CC2. The van der Waals surface area contributed by atoms with Gasteiger partial charge in [-0.15, -0.1) is 0 Å². The van der Waals surface area contributed by atoms with Crippen LogP contribution in [0.5, 0.6) is 0 Å². The first-order chi connectivity index (χ1) is 13.1. The quantitative estimate of drug-likeness (QED) is 0.781. The highest BCUT2D eigenvalue weighted by atomic mass is 16.4. The second-order valence-corrected chi connectivity index (χ2v) is 8.40. The number of hydrogen-bond donors (Lipinski definition) is 2. The van der Waals surface area contributed by atoms with E-state index in [9.17, 15) is 14.7 Å². The Hall–Kier alpha value is -2.62. The maximum Gasteiger partial charge on any atom is 0.405 e. The highest BCUT2D eigenvalue weighted by Gasteiger charge is 2.63. The van der Waals surface area contributed by atoms with Gasteiger partial charge in [-0.1, -0.05) is 42.5 Å². The van der Waals surface area contributed by atoms with Crippen LogP contribution < -0.4 is 5.32 Å². The van der Waals surface area contributed by atoms with Crippen LogP contribution >= 0.6 is 0 Å². The second-order valence-electron chi connectivity index (χ2n) is 8.40. The van der Waals surface area contributed by atoms with E-state index in [0.717, 1.165) is 60.1 Å². The molecule has 4 heteroatoms. The van der Waals surface area contributed by atoms with Gasteiger partial charge < -0.3 is 15.2 Å². The van der Waals surface area contributed by atoms with Crippen LogP contribution in [0.3, 0.4) is 0 Å². The first-order valence-corrected chi connectivity index (χ1v) is 9.78. The Bertz CT molecular complexity index is 925. The van der Waals surface area contributed by atoms with Gasteiger partial charge in [0.05, 0.1) is 0 Å². The van der Waals surface area contributed by atoms with Crippen molar-refractivity contribution in [2.45, 2.75) is 50.0 Å². The lowest BCUT2D eigenvalue weighted by Crippen LogP contribution is -2.55. The fourth-order valence-corrected chi connectivity index (χ4v) is 4.97. The molecule has 5 rings (SSSR count). The van der Waals surface area contributed by atoms with E-state index in [-0.39, 0.29) is 5.41 Å². The van der Waals surface area contributed by atoms with Crippen molar-refractivity contribution in [1.29, 1.82) is 0 Å². The molecule has 1 amide bonds. The molecule has 3 aliphatic carbocycles. The first kappa shape index (κ1) is 16.5. The third kappa shape index (κ3) is 2.50. The van der Waals surface area contributed by atoms with E-state index in [4.69, 9.17) is 0 Å². The largest absolute Gasteiger partial charge is 0.465 e. The van der Waals surface area contributed by atoms with Crippen molar-refractivity contribution in [3.8, 4) is 11.1 Å². The number of fused-ring (bicyclic) bond motifs is 1. The number of carbonyl (C=O) groups is 2. The Morgan fingerprint density at radius 1 is 1.04 bits per heavy atom. The van der Waals surface area contributed by atoms with Crippen molar-refractivity contribution in [3.63, 3.8) is 0 Å². The molecule has 2 aromatic carbocycles. The van der Waals surface area contributed by atoms with Crippen molar-refractivity contribution >= 4 is 12.4 Å². The number of aldehydes is 1. The summed E-state index contributed by atoms with van der Waals surface area (Å²) in [6.45, 7) is 0. The fraction of sp³-hybridized carbons (Fsp3) is 0.391. The van der Waals surface area contributed by atoms with E-state index >= 15 is 0 Å². The molecule has 27 heavy (non-hydrogen) atoms. The van der Waals surface area contributed by atoms with Crippen molar-refractivity contribution in [2.75, 3.05) is 0 Å². The van der Waals surface area contributed by atoms with Gasteiger partial charge in [0.2, 0.25) is 0 Å². The van der Waals surface area contributed by atoms with E-state index in [2.05, 4.69) is 35.6 Å². The zero-order valence-electron chi connectivity index (χ0n) is 15.2. The number of carbonyl (C=O) groups excluding carboxylic acids is 1. The van der Waals surface area contributed by atoms with Crippen LogP contribution in [-0.4, -0.2) is 17.5 Å². The van der Waals surface area contributed by atoms with Crippen LogP contribution in [0.25, 0.3) is 11.1 Å². The highest BCUT2D eigenvalue weighted by Crippen LogP contribution is 2.63. The summed E-state index contributed by atoms with van der Waals surface area (Å²) in [5.41, 5.74) is 4.26. The molecule has 138 valence electrons. The number of rotatable bonds is 4. The molecular weight excluding hydrogens is 338 g/mol. The van der Waals surface area contributed by atoms with Crippen LogP contribution in [0.15, 0.2) is 42.5 Å². The third-order valence-electron chi connectivity index (χ3n) is 6.87. The maximum atomic E-state index is 12.2. The molecule has 4 nitrogen and oxygen atoms in total. The van der Waals surface area contributed by atoms with Crippen molar-refractivity contribution in [2.24, 2.45) is 5.41 Å². The van der Waals surface area contributed by atoms with Crippen LogP contribution in [-0.2, 0) is 16.8 Å². The monoisotopic (exact) mass is 361 g/mol. The molecule has 2 fully saturated rings. The van der Waals surface area contributed by atoms with E-state index < -0.39 is 11.6 Å². The number of hydrogen-bond acceptors (Lipinski definition) is 2. The van der Waals surface area contributed by atoms with Crippen molar-refractivity contribution in [3.05, 3.63) is 59.2 Å². The molecule has 0 unspecified atom stereocenters. The summed E-state index contributed by atoms with van der Waals surface area (Å²) in [4.78, 5) is 23.6. The van der Waals surface area contributed by atoms with Crippen LogP contribution in [0.4, 0.5) is 4.79 Å². The predicted octanol–water partition coefficient (Wildman–Crippen LogP) is 4.62. The zero-order chi connectivity index (χ0) is 18.6. The van der Waals surface area contributed by atoms with Gasteiger partial charge in [-0.3, -0.25) is 0 Å². The van der Waals surface area contributed by atoms with Gasteiger partial charge in [0.15, 0.2) is 6.29 Å². The van der Waals surface area contributed by atoms with E-state index in [0.29, 0.717) is 0 Å². The molecule has 0 bridgehead atoms. The summed E-state index contributed by atoms with van der Waals surface area (Å²) in [6, 6.07) is 14.9. The summed E-state index contributed by atoms with van der Waals surface area (Å²) in [6.07, 6.45) is 5.82. The summed E-state index contributed by atoms with van der Waals surface area (Å²) in [7, 11) is 0. The Labute approximate surface area is 158 Å². The molecule has 0 aliphatic heterocycles. The molecule has 1 atom stereocenters. The second kappa shape index (κ2) is 5.69. The molecule has 0 aromatic heterocycles. The predicted molar refractivity (Wildman–Crippen MR) is 103 cm³/mol. The fourth-order valence-electron chi connectivity index (χ4n) is 4.97. The summed E-state index contributed by atoms with van der Waals surface area (Å²) >= 11 is 0. The molecule has 2 aromatic rings. The smallest absolute Gasteiger partial charge is 0.405 e. The highest BCUT2D eigenvalue weighted by molar-refractivity contribution is 5.81. The van der Waals surface area contributed by atoms with Crippen molar-refractivity contribution < 1.29 is 14.7 Å². The van der Waals surface area contributed by atoms with E-state index in [1.54, 1.807) is 0 Å². The molecule has 2 N–H and O–H groups in total. The maximum absolute atomic E-state index is 12.2. The Kier molecular flexibility index (Phi) is 3.48. The topological polar surface area (TPSA) is 66.4 Å². The Morgan fingerprint density at radius 3 is 2.33 bits per heavy atom. The average Bonchev–Trinajstić information content (AvgIpc) is 3.59. The third-order valence-corrected chi connectivity index (χ3v) is 6.87. The number of amides is 1. The minimum Gasteiger partial charge on any atom is -0.465 e. The molecular formula is C23H23NO3. The molecule has 0 heterocycles. The Morgan fingerprint density at radius 2 is 1.74 bits per heavy atom. The molecule has 3 aliphatic rings. The van der Waals surface area contributed by atoms with E-state index in [1.807, 2.05) is 12.1 Å². The average molecular weight is 361 g/mol. The lowest BCUT2D eigenvalue weighted by atomic mass is 9.67. The standard InChI is InChI=1S/C23H23NO3/c25-14-23(24-21(26)27)20-8-7-18(13-19(20)9-10-22(23)11-12-22)17-5-3-16(4-6-17)15-1-2-15/h3-8,13-15,24H,1-2,9-12H2,(H,26,27)/t23-/m1/s1. The van der Waals surface area contributed by atoms with Gasteiger partial charge in [0.25, 0.3) is 0 Å². The van der Waals surface area contributed by atoms with Gasteiger partial charge in [-0.05, 0) is 72.3 Å². The van der Waals surface area contributed by atoms with Gasteiger partial charge in [-0.2, -0.15) is 0 Å². The van der Waals surface area contributed by atoms with Gasteiger partial charge >= 0.3 is 6.09 Å². The number of benzene rings is 2.